The van der Waals surface area contributed by atoms with Gasteiger partial charge in [0.25, 0.3) is 5.69 Å². The number of hydrogen-bond acceptors (Lipinski definition) is 4. The van der Waals surface area contributed by atoms with Crippen LogP contribution in [0.5, 0.6) is 0 Å². The van der Waals surface area contributed by atoms with E-state index in [1.807, 2.05) is 0 Å². The number of non-ortho nitro benzene ring substituents is 1. The molecule has 0 bridgehead atoms. The Balaban J connectivity index is 2.00. The summed E-state index contributed by atoms with van der Waals surface area (Å²) in [5.41, 5.74) is 0.934. The molecular formula is C17H25N5O3. The van der Waals surface area contributed by atoms with Gasteiger partial charge in [-0.25, -0.2) is 4.99 Å². The van der Waals surface area contributed by atoms with Gasteiger partial charge in [-0.15, -0.1) is 0 Å². The van der Waals surface area contributed by atoms with Crippen molar-refractivity contribution in [2.24, 2.45) is 4.99 Å². The molecule has 2 N–H and O–H groups in total. The van der Waals surface area contributed by atoms with Crippen molar-refractivity contribution in [2.45, 2.75) is 38.3 Å². The Labute approximate surface area is 147 Å². The SMILES string of the molecule is CN(C)C(=O)CNC(=NCc1ccc([N+](=O)[O-])cc1)NC1CCCC1. The van der Waals surface area contributed by atoms with Gasteiger partial charge in [0.05, 0.1) is 18.0 Å². The Kier molecular flexibility index (Phi) is 6.73. The number of nitro benzene ring substituents is 1. The van der Waals surface area contributed by atoms with Crippen LogP contribution in [0, 0.1) is 10.1 Å². The lowest BCUT2D eigenvalue weighted by Crippen LogP contribution is -2.46. The van der Waals surface area contributed by atoms with Gasteiger partial charge in [0.15, 0.2) is 5.96 Å². The lowest BCUT2D eigenvalue weighted by molar-refractivity contribution is -0.384. The van der Waals surface area contributed by atoms with Gasteiger partial charge in [-0.05, 0) is 18.4 Å². The molecule has 0 unspecified atom stereocenters. The molecule has 136 valence electrons. The van der Waals surface area contributed by atoms with Gasteiger partial charge < -0.3 is 15.5 Å². The highest BCUT2D eigenvalue weighted by Crippen LogP contribution is 2.17. The summed E-state index contributed by atoms with van der Waals surface area (Å²) in [6.45, 7) is 0.558. The molecule has 25 heavy (non-hydrogen) atoms. The molecule has 2 rings (SSSR count). The molecule has 1 amide bonds. The smallest absolute Gasteiger partial charge is 0.269 e. The molecule has 0 aliphatic heterocycles. The monoisotopic (exact) mass is 347 g/mol. The molecule has 0 atom stereocenters. The van der Waals surface area contributed by atoms with Crippen molar-refractivity contribution in [1.82, 2.24) is 15.5 Å². The summed E-state index contributed by atoms with van der Waals surface area (Å²) in [4.78, 5) is 28.1. The van der Waals surface area contributed by atoms with E-state index in [1.54, 1.807) is 26.2 Å². The Bertz CT molecular complexity index is 622. The predicted octanol–water partition coefficient (Wildman–Crippen LogP) is 1.66. The minimum Gasteiger partial charge on any atom is -0.354 e. The molecule has 0 radical (unpaired) electrons. The van der Waals surface area contributed by atoms with Gasteiger partial charge >= 0.3 is 0 Å². The third-order valence-corrected chi connectivity index (χ3v) is 4.17. The van der Waals surface area contributed by atoms with E-state index < -0.39 is 4.92 Å². The molecule has 0 aromatic heterocycles. The van der Waals surface area contributed by atoms with Crippen LogP contribution in [0.4, 0.5) is 5.69 Å². The number of rotatable bonds is 6. The molecule has 0 saturated heterocycles. The number of nitro groups is 1. The van der Waals surface area contributed by atoms with Crippen LogP contribution in [-0.4, -0.2) is 48.4 Å². The maximum absolute atomic E-state index is 11.8. The van der Waals surface area contributed by atoms with Crippen LogP contribution in [0.25, 0.3) is 0 Å². The predicted molar refractivity (Wildman–Crippen MR) is 96.3 cm³/mol. The van der Waals surface area contributed by atoms with E-state index in [9.17, 15) is 14.9 Å². The summed E-state index contributed by atoms with van der Waals surface area (Å²) < 4.78 is 0. The van der Waals surface area contributed by atoms with E-state index in [2.05, 4.69) is 15.6 Å². The molecule has 0 heterocycles. The Morgan fingerprint density at radius 1 is 1.28 bits per heavy atom. The summed E-state index contributed by atoms with van der Waals surface area (Å²) in [6.07, 6.45) is 4.59. The van der Waals surface area contributed by atoms with E-state index >= 15 is 0 Å². The average Bonchev–Trinajstić information content (AvgIpc) is 3.10. The van der Waals surface area contributed by atoms with E-state index in [0.717, 1.165) is 18.4 Å². The average molecular weight is 347 g/mol. The fourth-order valence-corrected chi connectivity index (χ4v) is 2.63. The third-order valence-electron chi connectivity index (χ3n) is 4.17. The molecular weight excluding hydrogens is 322 g/mol. The van der Waals surface area contributed by atoms with E-state index in [-0.39, 0.29) is 18.1 Å². The second kappa shape index (κ2) is 9.00. The second-order valence-corrected chi connectivity index (χ2v) is 6.36. The largest absolute Gasteiger partial charge is 0.354 e. The van der Waals surface area contributed by atoms with Gasteiger partial charge in [0.2, 0.25) is 5.91 Å². The zero-order valence-corrected chi connectivity index (χ0v) is 14.7. The van der Waals surface area contributed by atoms with Crippen LogP contribution in [0.2, 0.25) is 0 Å². The lowest BCUT2D eigenvalue weighted by atomic mass is 10.2. The molecule has 1 aromatic carbocycles. The number of aliphatic imine (C=N–C) groups is 1. The van der Waals surface area contributed by atoms with Gasteiger partial charge in [-0.1, -0.05) is 25.0 Å². The quantitative estimate of drug-likeness (QED) is 0.353. The fraction of sp³-hybridized carbons (Fsp3) is 0.529. The van der Waals surface area contributed by atoms with Gasteiger partial charge in [0, 0.05) is 32.3 Å². The zero-order chi connectivity index (χ0) is 18.2. The van der Waals surface area contributed by atoms with Gasteiger partial charge in [0.1, 0.15) is 0 Å². The molecule has 1 saturated carbocycles. The van der Waals surface area contributed by atoms with Crippen LogP contribution in [0.3, 0.4) is 0 Å². The van der Waals surface area contributed by atoms with Crippen molar-refractivity contribution in [3.8, 4) is 0 Å². The first-order chi connectivity index (χ1) is 12.0. The van der Waals surface area contributed by atoms with Crippen LogP contribution < -0.4 is 10.6 Å². The van der Waals surface area contributed by atoms with Crippen molar-refractivity contribution in [3.05, 3.63) is 39.9 Å². The number of carbonyl (C=O) groups excluding carboxylic acids is 1. The third kappa shape index (κ3) is 6.06. The summed E-state index contributed by atoms with van der Waals surface area (Å²) in [7, 11) is 3.42. The maximum atomic E-state index is 11.8. The van der Waals surface area contributed by atoms with Crippen LogP contribution in [0.1, 0.15) is 31.2 Å². The summed E-state index contributed by atoms with van der Waals surface area (Å²) >= 11 is 0. The number of likely N-dealkylation sites (N-methyl/N-ethyl adjacent to an activating group) is 1. The topological polar surface area (TPSA) is 99.9 Å². The van der Waals surface area contributed by atoms with E-state index in [4.69, 9.17) is 0 Å². The standard InChI is InChI=1S/C17H25N5O3/c1-21(2)16(23)12-19-17(20-14-5-3-4-6-14)18-11-13-7-9-15(10-8-13)22(24)25/h7-10,14H,3-6,11-12H2,1-2H3,(H2,18,19,20). The molecule has 8 nitrogen and oxygen atoms in total. The first-order valence-electron chi connectivity index (χ1n) is 8.44. The van der Waals surface area contributed by atoms with Crippen molar-refractivity contribution in [3.63, 3.8) is 0 Å². The van der Waals surface area contributed by atoms with Gasteiger partial charge in [-0.3, -0.25) is 14.9 Å². The first kappa shape index (κ1) is 18.7. The van der Waals surface area contributed by atoms with Crippen LogP contribution in [-0.2, 0) is 11.3 Å². The number of benzene rings is 1. The molecule has 0 spiro atoms. The molecule has 1 aliphatic carbocycles. The Morgan fingerprint density at radius 2 is 1.92 bits per heavy atom. The number of nitrogens with one attached hydrogen (secondary N) is 2. The highest BCUT2D eigenvalue weighted by atomic mass is 16.6. The summed E-state index contributed by atoms with van der Waals surface area (Å²) in [5, 5.41) is 17.1. The molecule has 1 aromatic rings. The summed E-state index contributed by atoms with van der Waals surface area (Å²) in [6, 6.07) is 6.70. The number of guanidine groups is 1. The maximum Gasteiger partial charge on any atom is 0.269 e. The van der Waals surface area contributed by atoms with Crippen molar-refractivity contribution in [1.29, 1.82) is 0 Å². The fourth-order valence-electron chi connectivity index (χ4n) is 2.63. The van der Waals surface area contributed by atoms with E-state index in [1.165, 1.54) is 29.9 Å². The zero-order valence-electron chi connectivity index (χ0n) is 14.7. The number of carbonyl (C=O) groups is 1. The lowest BCUT2D eigenvalue weighted by Gasteiger charge is -2.18. The number of hydrogen-bond donors (Lipinski definition) is 2. The minimum absolute atomic E-state index is 0.0312. The Hall–Kier alpha value is -2.64. The highest BCUT2D eigenvalue weighted by Gasteiger charge is 2.16. The highest BCUT2D eigenvalue weighted by molar-refractivity contribution is 5.86. The number of nitrogens with zero attached hydrogens (tertiary/aromatic N) is 3. The Morgan fingerprint density at radius 3 is 2.48 bits per heavy atom. The van der Waals surface area contributed by atoms with Crippen molar-refractivity contribution < 1.29 is 9.72 Å². The van der Waals surface area contributed by atoms with Crippen molar-refractivity contribution in [2.75, 3.05) is 20.6 Å². The molecule has 1 aliphatic rings. The van der Waals surface area contributed by atoms with E-state index in [0.29, 0.717) is 18.5 Å². The number of amides is 1. The normalized spacial score (nSPS) is 15.0. The van der Waals surface area contributed by atoms with Crippen molar-refractivity contribution >= 4 is 17.6 Å². The van der Waals surface area contributed by atoms with Crippen LogP contribution >= 0.6 is 0 Å². The summed E-state index contributed by atoms with van der Waals surface area (Å²) in [5.74, 6) is 0.566. The van der Waals surface area contributed by atoms with Crippen LogP contribution in [0.15, 0.2) is 29.3 Å². The second-order valence-electron chi connectivity index (χ2n) is 6.36. The van der Waals surface area contributed by atoms with Gasteiger partial charge in [-0.2, -0.15) is 0 Å². The molecule has 1 fully saturated rings. The minimum atomic E-state index is -0.422. The molecule has 8 heteroatoms. The first-order valence-corrected chi connectivity index (χ1v) is 8.44.